The van der Waals surface area contributed by atoms with Crippen LogP contribution in [0.2, 0.25) is 0 Å². The van der Waals surface area contributed by atoms with Crippen molar-refractivity contribution in [3.05, 3.63) is 50.6 Å². The van der Waals surface area contributed by atoms with Crippen LogP contribution in [0.1, 0.15) is 42.2 Å². The molecule has 4 aromatic rings. The van der Waals surface area contributed by atoms with E-state index in [4.69, 9.17) is 0 Å². The molecule has 0 N–H and O–H groups in total. The highest BCUT2D eigenvalue weighted by Gasteiger charge is 2.26. The average molecular weight is 411 g/mol. The number of rotatable bonds is 5. The van der Waals surface area contributed by atoms with E-state index in [2.05, 4.69) is 21.5 Å². The van der Waals surface area contributed by atoms with Crippen LogP contribution in [-0.4, -0.2) is 24.9 Å². The van der Waals surface area contributed by atoms with Gasteiger partial charge in [0.2, 0.25) is 5.78 Å². The lowest BCUT2D eigenvalue weighted by molar-refractivity contribution is 0.883. The number of benzene rings is 1. The first kappa shape index (κ1) is 17.9. The molecule has 5 rings (SSSR count). The summed E-state index contributed by atoms with van der Waals surface area (Å²) >= 11 is 3.48. The quantitative estimate of drug-likeness (QED) is 0.351. The van der Waals surface area contributed by atoms with E-state index in [-0.39, 0.29) is 5.56 Å². The number of unbranched alkanes of at least 4 members (excludes halogenated alkanes) is 1. The summed E-state index contributed by atoms with van der Waals surface area (Å²) in [7, 11) is 0. The maximum absolute atomic E-state index is 13.6. The molecule has 0 fully saturated rings. The monoisotopic (exact) mass is 410 g/mol. The number of thioether (sulfide) groups is 1. The fraction of sp³-hybridized carbons (Fsp3) is 0.381. The molecule has 3 heterocycles. The van der Waals surface area contributed by atoms with Gasteiger partial charge in [0.15, 0.2) is 5.16 Å². The lowest BCUT2D eigenvalue weighted by Crippen LogP contribution is -2.22. The molecular weight excluding hydrogens is 388 g/mol. The zero-order valence-electron chi connectivity index (χ0n) is 16.1. The number of aromatic nitrogens is 4. The van der Waals surface area contributed by atoms with Crippen LogP contribution in [-0.2, 0) is 12.8 Å². The van der Waals surface area contributed by atoms with Gasteiger partial charge >= 0.3 is 0 Å². The molecule has 28 heavy (non-hydrogen) atoms. The van der Waals surface area contributed by atoms with Gasteiger partial charge in [-0.3, -0.25) is 4.79 Å². The van der Waals surface area contributed by atoms with Crippen LogP contribution in [0, 0.1) is 6.92 Å². The molecule has 0 atom stereocenters. The molecule has 1 aliphatic rings. The van der Waals surface area contributed by atoms with Crippen LogP contribution in [0.5, 0.6) is 0 Å². The van der Waals surface area contributed by atoms with Crippen LogP contribution in [0.25, 0.3) is 21.7 Å². The second-order valence-corrected chi connectivity index (χ2v) is 9.48. The van der Waals surface area contributed by atoms with Crippen LogP contribution in [0.3, 0.4) is 0 Å². The summed E-state index contributed by atoms with van der Waals surface area (Å²) in [6.07, 6.45) is 5.49. The SMILES string of the molecule is CCCCSc1nnc2n(-c3cccc(C)c3)c(=O)c3c4c(sc3n12)CCC4. The Bertz CT molecular complexity index is 1250. The Kier molecular flexibility index (Phi) is 4.51. The number of nitrogens with zero attached hydrogens (tertiary/aromatic N) is 4. The van der Waals surface area contributed by atoms with E-state index in [0.29, 0.717) is 5.78 Å². The van der Waals surface area contributed by atoms with Crippen molar-refractivity contribution in [2.45, 2.75) is 51.1 Å². The minimum atomic E-state index is 0.0324. The fourth-order valence-corrected chi connectivity index (χ4v) is 6.41. The summed E-state index contributed by atoms with van der Waals surface area (Å²) in [5.41, 5.74) is 3.25. The van der Waals surface area contributed by atoms with Gasteiger partial charge < -0.3 is 0 Å². The maximum Gasteiger partial charge on any atom is 0.268 e. The summed E-state index contributed by atoms with van der Waals surface area (Å²) in [6.45, 7) is 4.24. The van der Waals surface area contributed by atoms with Crippen molar-refractivity contribution >= 4 is 39.1 Å². The summed E-state index contributed by atoms with van der Waals surface area (Å²) in [6, 6.07) is 8.05. The van der Waals surface area contributed by atoms with Gasteiger partial charge in [0, 0.05) is 10.6 Å². The number of hydrogen-bond acceptors (Lipinski definition) is 5. The van der Waals surface area contributed by atoms with E-state index in [1.54, 1.807) is 27.7 Å². The molecule has 1 aromatic carbocycles. The molecule has 0 spiro atoms. The Morgan fingerprint density at radius 3 is 2.96 bits per heavy atom. The van der Waals surface area contributed by atoms with Crippen molar-refractivity contribution in [3.63, 3.8) is 0 Å². The predicted octanol–water partition coefficient (Wildman–Crippen LogP) is 4.78. The molecule has 0 radical (unpaired) electrons. The summed E-state index contributed by atoms with van der Waals surface area (Å²) < 4.78 is 3.86. The second-order valence-electron chi connectivity index (χ2n) is 7.34. The Balaban J connectivity index is 1.85. The zero-order valence-corrected chi connectivity index (χ0v) is 17.7. The van der Waals surface area contributed by atoms with E-state index in [9.17, 15) is 4.79 Å². The highest BCUT2D eigenvalue weighted by Crippen LogP contribution is 2.37. The van der Waals surface area contributed by atoms with Crippen LogP contribution < -0.4 is 5.56 Å². The Hall–Kier alpha value is -2.12. The van der Waals surface area contributed by atoms with Crippen LogP contribution >= 0.6 is 23.1 Å². The molecule has 3 aromatic heterocycles. The van der Waals surface area contributed by atoms with Crippen molar-refractivity contribution in [1.82, 2.24) is 19.2 Å². The van der Waals surface area contributed by atoms with Gasteiger partial charge in [-0.15, -0.1) is 21.5 Å². The number of hydrogen-bond donors (Lipinski definition) is 0. The van der Waals surface area contributed by atoms with Gasteiger partial charge in [0.25, 0.3) is 5.56 Å². The first-order chi connectivity index (χ1) is 13.7. The van der Waals surface area contributed by atoms with Gasteiger partial charge in [-0.1, -0.05) is 37.2 Å². The minimum Gasteiger partial charge on any atom is -0.268 e. The molecule has 7 heteroatoms. The Morgan fingerprint density at radius 2 is 2.14 bits per heavy atom. The Morgan fingerprint density at radius 1 is 1.25 bits per heavy atom. The molecular formula is C21H22N4OS2. The molecule has 0 saturated carbocycles. The normalized spacial score (nSPS) is 13.6. The number of thiophene rings is 1. The number of aryl methyl sites for hydroxylation is 3. The van der Waals surface area contributed by atoms with Gasteiger partial charge in [-0.2, -0.15) is 0 Å². The molecule has 1 aliphatic carbocycles. The van der Waals surface area contributed by atoms with Crippen molar-refractivity contribution in [2.75, 3.05) is 5.75 Å². The second kappa shape index (κ2) is 7.04. The minimum absolute atomic E-state index is 0.0324. The first-order valence-electron chi connectivity index (χ1n) is 9.83. The summed E-state index contributed by atoms with van der Waals surface area (Å²) in [4.78, 5) is 16.0. The van der Waals surface area contributed by atoms with E-state index in [1.165, 1.54) is 10.4 Å². The standard InChI is InChI=1S/C21H22N4OS2/c1-3-4-11-27-21-23-22-20-24(14-8-5-7-13(2)12-14)18(26)17-15-9-6-10-16(15)28-19(17)25(20)21/h5,7-8,12H,3-4,6,9-11H2,1-2H3. The average Bonchev–Trinajstić information content (AvgIpc) is 3.36. The molecule has 0 aliphatic heterocycles. The van der Waals surface area contributed by atoms with Crippen molar-refractivity contribution in [2.24, 2.45) is 0 Å². The van der Waals surface area contributed by atoms with Crippen molar-refractivity contribution in [3.8, 4) is 5.69 Å². The first-order valence-corrected chi connectivity index (χ1v) is 11.6. The number of fused-ring (bicyclic) bond motifs is 5. The van der Waals surface area contributed by atoms with Crippen molar-refractivity contribution in [1.29, 1.82) is 0 Å². The predicted molar refractivity (Wildman–Crippen MR) is 116 cm³/mol. The maximum atomic E-state index is 13.6. The topological polar surface area (TPSA) is 52.2 Å². The molecule has 0 unspecified atom stereocenters. The third-order valence-electron chi connectivity index (χ3n) is 5.33. The highest BCUT2D eigenvalue weighted by molar-refractivity contribution is 7.99. The van der Waals surface area contributed by atoms with E-state index >= 15 is 0 Å². The molecule has 0 saturated heterocycles. The van der Waals surface area contributed by atoms with Crippen molar-refractivity contribution < 1.29 is 0 Å². The third kappa shape index (κ3) is 2.71. The molecule has 144 valence electrons. The van der Waals surface area contributed by atoms with Crippen LogP contribution in [0.15, 0.2) is 34.2 Å². The zero-order chi connectivity index (χ0) is 19.3. The lowest BCUT2D eigenvalue weighted by atomic mass is 10.2. The van der Waals surface area contributed by atoms with Gasteiger partial charge in [0.05, 0.1) is 11.1 Å². The molecule has 0 bridgehead atoms. The summed E-state index contributed by atoms with van der Waals surface area (Å²) in [5.74, 6) is 1.62. The van der Waals surface area contributed by atoms with E-state index in [0.717, 1.165) is 64.5 Å². The van der Waals surface area contributed by atoms with Gasteiger partial charge in [-0.25, -0.2) is 8.97 Å². The lowest BCUT2D eigenvalue weighted by Gasteiger charge is -2.10. The summed E-state index contributed by atoms with van der Waals surface area (Å²) in [5, 5.41) is 10.7. The smallest absolute Gasteiger partial charge is 0.268 e. The fourth-order valence-electron chi connectivity index (χ4n) is 3.96. The highest BCUT2D eigenvalue weighted by atomic mass is 32.2. The Labute approximate surface area is 171 Å². The molecule has 0 amide bonds. The van der Waals surface area contributed by atoms with E-state index in [1.807, 2.05) is 31.2 Å². The van der Waals surface area contributed by atoms with Gasteiger partial charge in [0.1, 0.15) is 4.83 Å². The van der Waals surface area contributed by atoms with Crippen LogP contribution in [0.4, 0.5) is 0 Å². The molecule has 5 nitrogen and oxygen atoms in total. The third-order valence-corrected chi connectivity index (χ3v) is 7.62. The van der Waals surface area contributed by atoms with E-state index < -0.39 is 0 Å². The van der Waals surface area contributed by atoms with Gasteiger partial charge in [-0.05, 0) is 55.9 Å². The largest absolute Gasteiger partial charge is 0.268 e.